The molecule has 0 aliphatic rings. The van der Waals surface area contributed by atoms with E-state index in [1.165, 1.54) is 11.1 Å². The second kappa shape index (κ2) is 8.75. The molecule has 0 aromatic heterocycles. The van der Waals surface area contributed by atoms with Crippen LogP contribution in [0.1, 0.15) is 51.3 Å². The van der Waals surface area contributed by atoms with Crippen LogP contribution in [-0.2, 0) is 11.2 Å². The zero-order chi connectivity index (χ0) is 15.0. The van der Waals surface area contributed by atoms with E-state index < -0.39 is 0 Å². The summed E-state index contributed by atoms with van der Waals surface area (Å²) < 4.78 is 0. The van der Waals surface area contributed by atoms with Gasteiger partial charge in [-0.15, -0.1) is 0 Å². The Hall–Kier alpha value is -1.35. The van der Waals surface area contributed by atoms with Gasteiger partial charge in [0.1, 0.15) is 0 Å². The van der Waals surface area contributed by atoms with E-state index in [0.717, 1.165) is 19.4 Å². The van der Waals surface area contributed by atoms with Crippen molar-refractivity contribution in [3.8, 4) is 0 Å². The molecule has 112 valence electrons. The summed E-state index contributed by atoms with van der Waals surface area (Å²) in [7, 11) is 0. The molecule has 1 unspecified atom stereocenters. The molecule has 0 saturated heterocycles. The molecule has 0 bridgehead atoms. The fraction of sp³-hybridized carbons (Fsp3) is 0.588. The number of benzene rings is 1. The molecule has 0 saturated carbocycles. The SMILES string of the molecule is CCCNC(=O)CNC(C)c1ccc(CC(C)C)cc1. The van der Waals surface area contributed by atoms with Crippen molar-refractivity contribution in [2.75, 3.05) is 13.1 Å². The Morgan fingerprint density at radius 2 is 1.80 bits per heavy atom. The van der Waals surface area contributed by atoms with E-state index in [0.29, 0.717) is 12.5 Å². The summed E-state index contributed by atoms with van der Waals surface area (Å²) >= 11 is 0. The highest BCUT2D eigenvalue weighted by Crippen LogP contribution is 2.15. The van der Waals surface area contributed by atoms with Gasteiger partial charge in [0.05, 0.1) is 6.54 Å². The Balaban J connectivity index is 2.43. The van der Waals surface area contributed by atoms with E-state index in [2.05, 4.69) is 62.6 Å². The van der Waals surface area contributed by atoms with Gasteiger partial charge < -0.3 is 10.6 Å². The predicted octanol–water partition coefficient (Wildman–Crippen LogP) is 3.06. The second-order valence-electron chi connectivity index (χ2n) is 5.79. The molecular weight excluding hydrogens is 248 g/mol. The molecule has 0 radical (unpaired) electrons. The van der Waals surface area contributed by atoms with Gasteiger partial charge in [0, 0.05) is 12.6 Å². The highest BCUT2D eigenvalue weighted by Gasteiger charge is 2.07. The first-order chi connectivity index (χ1) is 9.52. The summed E-state index contributed by atoms with van der Waals surface area (Å²) in [6.45, 7) is 9.72. The van der Waals surface area contributed by atoms with Crippen LogP contribution in [0.5, 0.6) is 0 Å². The molecule has 3 heteroatoms. The maximum Gasteiger partial charge on any atom is 0.233 e. The number of carbonyl (C=O) groups excluding carboxylic acids is 1. The van der Waals surface area contributed by atoms with E-state index >= 15 is 0 Å². The van der Waals surface area contributed by atoms with Crippen LogP contribution in [0.2, 0.25) is 0 Å². The van der Waals surface area contributed by atoms with Crippen molar-refractivity contribution in [1.82, 2.24) is 10.6 Å². The van der Waals surface area contributed by atoms with Gasteiger partial charge in [0.25, 0.3) is 0 Å². The molecule has 0 aliphatic carbocycles. The lowest BCUT2D eigenvalue weighted by atomic mass is 10.00. The highest BCUT2D eigenvalue weighted by atomic mass is 16.1. The molecule has 1 amide bonds. The monoisotopic (exact) mass is 276 g/mol. The molecule has 1 rings (SSSR count). The Kier molecular flexibility index (Phi) is 7.31. The summed E-state index contributed by atoms with van der Waals surface area (Å²) in [6.07, 6.45) is 2.08. The van der Waals surface area contributed by atoms with E-state index in [1.54, 1.807) is 0 Å². The number of amides is 1. The maximum absolute atomic E-state index is 11.5. The minimum absolute atomic E-state index is 0.0649. The molecule has 0 heterocycles. The van der Waals surface area contributed by atoms with E-state index in [4.69, 9.17) is 0 Å². The Morgan fingerprint density at radius 3 is 2.35 bits per heavy atom. The quantitative estimate of drug-likeness (QED) is 0.766. The van der Waals surface area contributed by atoms with Gasteiger partial charge in [0.2, 0.25) is 5.91 Å². The summed E-state index contributed by atoms with van der Waals surface area (Å²) in [5.74, 6) is 0.744. The maximum atomic E-state index is 11.5. The fourth-order valence-electron chi connectivity index (χ4n) is 2.10. The first kappa shape index (κ1) is 16.7. The number of carbonyl (C=O) groups is 1. The van der Waals surface area contributed by atoms with Crippen molar-refractivity contribution in [2.45, 2.75) is 46.6 Å². The summed E-state index contributed by atoms with van der Waals surface area (Å²) in [6, 6.07) is 8.86. The molecule has 1 aromatic rings. The third-order valence-corrected chi connectivity index (χ3v) is 3.26. The normalized spacial score (nSPS) is 12.4. The third-order valence-electron chi connectivity index (χ3n) is 3.26. The molecule has 1 atom stereocenters. The first-order valence-corrected chi connectivity index (χ1v) is 7.61. The van der Waals surface area contributed by atoms with Crippen LogP contribution in [0.3, 0.4) is 0 Å². The van der Waals surface area contributed by atoms with Gasteiger partial charge in [-0.25, -0.2) is 0 Å². The first-order valence-electron chi connectivity index (χ1n) is 7.61. The Bertz CT molecular complexity index is 398. The summed E-state index contributed by atoms with van der Waals surface area (Å²) in [5, 5.41) is 6.12. The molecule has 0 spiro atoms. The van der Waals surface area contributed by atoms with Gasteiger partial charge in [-0.05, 0) is 36.8 Å². The van der Waals surface area contributed by atoms with Crippen molar-refractivity contribution in [3.63, 3.8) is 0 Å². The Labute approximate surface area is 123 Å². The van der Waals surface area contributed by atoms with Crippen molar-refractivity contribution in [3.05, 3.63) is 35.4 Å². The van der Waals surface area contributed by atoms with Gasteiger partial charge in [-0.3, -0.25) is 4.79 Å². The minimum atomic E-state index is 0.0649. The van der Waals surface area contributed by atoms with Gasteiger partial charge in [-0.1, -0.05) is 45.0 Å². The van der Waals surface area contributed by atoms with Crippen LogP contribution in [0.15, 0.2) is 24.3 Å². The van der Waals surface area contributed by atoms with E-state index in [9.17, 15) is 4.79 Å². The number of hydrogen-bond acceptors (Lipinski definition) is 2. The molecule has 0 aliphatic heterocycles. The van der Waals surface area contributed by atoms with Gasteiger partial charge in [-0.2, -0.15) is 0 Å². The minimum Gasteiger partial charge on any atom is -0.355 e. The Morgan fingerprint density at radius 1 is 1.15 bits per heavy atom. The highest BCUT2D eigenvalue weighted by molar-refractivity contribution is 5.77. The van der Waals surface area contributed by atoms with Crippen LogP contribution < -0.4 is 10.6 Å². The van der Waals surface area contributed by atoms with Crippen LogP contribution in [0.4, 0.5) is 0 Å². The lowest BCUT2D eigenvalue weighted by Gasteiger charge is -2.15. The third kappa shape index (κ3) is 6.20. The van der Waals surface area contributed by atoms with E-state index in [1.807, 2.05) is 0 Å². The molecule has 20 heavy (non-hydrogen) atoms. The molecule has 3 nitrogen and oxygen atoms in total. The van der Waals surface area contributed by atoms with Crippen LogP contribution in [0, 0.1) is 5.92 Å². The average molecular weight is 276 g/mol. The van der Waals surface area contributed by atoms with Crippen molar-refractivity contribution in [2.24, 2.45) is 5.92 Å². The second-order valence-corrected chi connectivity index (χ2v) is 5.79. The topological polar surface area (TPSA) is 41.1 Å². The van der Waals surface area contributed by atoms with Crippen LogP contribution in [0.25, 0.3) is 0 Å². The molecular formula is C17H28N2O. The average Bonchev–Trinajstić information content (AvgIpc) is 2.42. The zero-order valence-corrected chi connectivity index (χ0v) is 13.2. The molecule has 1 aromatic carbocycles. The number of rotatable bonds is 8. The van der Waals surface area contributed by atoms with Gasteiger partial charge in [0.15, 0.2) is 0 Å². The molecule has 2 N–H and O–H groups in total. The van der Waals surface area contributed by atoms with Crippen molar-refractivity contribution >= 4 is 5.91 Å². The molecule has 0 fully saturated rings. The van der Waals surface area contributed by atoms with Gasteiger partial charge >= 0.3 is 0 Å². The van der Waals surface area contributed by atoms with E-state index in [-0.39, 0.29) is 11.9 Å². The van der Waals surface area contributed by atoms with Crippen molar-refractivity contribution < 1.29 is 4.79 Å². The zero-order valence-electron chi connectivity index (χ0n) is 13.2. The predicted molar refractivity (Wildman–Crippen MR) is 84.7 cm³/mol. The standard InChI is InChI=1S/C17H28N2O/c1-5-10-18-17(20)12-19-14(4)16-8-6-15(7-9-16)11-13(2)3/h6-9,13-14,19H,5,10-12H2,1-4H3,(H,18,20). The van der Waals surface area contributed by atoms with Crippen LogP contribution >= 0.6 is 0 Å². The largest absolute Gasteiger partial charge is 0.355 e. The van der Waals surface area contributed by atoms with Crippen molar-refractivity contribution in [1.29, 1.82) is 0 Å². The fourth-order valence-corrected chi connectivity index (χ4v) is 2.10. The lowest BCUT2D eigenvalue weighted by Crippen LogP contribution is -2.35. The number of hydrogen-bond donors (Lipinski definition) is 2. The summed E-state index contributed by atoms with van der Waals surface area (Å²) in [5.41, 5.74) is 2.59. The van der Waals surface area contributed by atoms with Crippen LogP contribution in [-0.4, -0.2) is 19.0 Å². The lowest BCUT2D eigenvalue weighted by molar-refractivity contribution is -0.120. The summed E-state index contributed by atoms with van der Waals surface area (Å²) in [4.78, 5) is 11.5. The smallest absolute Gasteiger partial charge is 0.233 e. The number of nitrogens with one attached hydrogen (secondary N) is 2.